The van der Waals surface area contributed by atoms with Gasteiger partial charge in [0.25, 0.3) is 11.6 Å². The molecule has 10 nitrogen and oxygen atoms in total. The number of non-ortho nitro benzene ring substituents is 1. The van der Waals surface area contributed by atoms with Crippen LogP contribution in [0.5, 0.6) is 0 Å². The summed E-state index contributed by atoms with van der Waals surface area (Å²) >= 11 is 0. The predicted molar refractivity (Wildman–Crippen MR) is 102 cm³/mol. The number of amides is 1. The molecule has 0 radical (unpaired) electrons. The molecule has 0 aliphatic heterocycles. The topological polar surface area (TPSA) is 131 Å². The lowest BCUT2D eigenvalue weighted by Crippen LogP contribution is -2.32. The second-order valence-electron chi connectivity index (χ2n) is 6.21. The van der Waals surface area contributed by atoms with Crippen molar-refractivity contribution in [3.63, 3.8) is 0 Å². The third-order valence-electron chi connectivity index (χ3n) is 4.26. The number of pyridine rings is 1. The number of hydrogen-bond acceptors (Lipinski definition) is 7. The molecule has 1 amide bonds. The highest BCUT2D eigenvalue weighted by Crippen LogP contribution is 2.19. The van der Waals surface area contributed by atoms with Gasteiger partial charge in [0.1, 0.15) is 0 Å². The molecular formula is C19H17N7O3. The largest absolute Gasteiger partial charge is 0.332 e. The van der Waals surface area contributed by atoms with Crippen LogP contribution in [-0.2, 0) is 6.54 Å². The van der Waals surface area contributed by atoms with Crippen molar-refractivity contribution in [1.82, 2.24) is 24.9 Å². The number of hydrogen-bond donors (Lipinski definition) is 0. The first-order valence-electron chi connectivity index (χ1n) is 8.73. The maximum absolute atomic E-state index is 13.1. The molecule has 29 heavy (non-hydrogen) atoms. The van der Waals surface area contributed by atoms with Crippen LogP contribution in [0.4, 0.5) is 5.69 Å². The number of nitriles is 1. The summed E-state index contributed by atoms with van der Waals surface area (Å²) in [7, 11) is 0. The van der Waals surface area contributed by atoms with Crippen LogP contribution in [0.1, 0.15) is 28.2 Å². The van der Waals surface area contributed by atoms with E-state index in [4.69, 9.17) is 5.26 Å². The molecule has 0 aliphatic carbocycles. The SMILES string of the molecule is Cc1c(C(=O)N(CCC#N)Cc2cccnc2)nnn1-c1cccc([N+](=O)[O-])c1. The van der Waals surface area contributed by atoms with Crippen LogP contribution in [0.15, 0.2) is 48.8 Å². The fourth-order valence-electron chi connectivity index (χ4n) is 2.81. The van der Waals surface area contributed by atoms with E-state index in [-0.39, 0.29) is 36.8 Å². The van der Waals surface area contributed by atoms with E-state index in [2.05, 4.69) is 15.3 Å². The number of benzene rings is 1. The van der Waals surface area contributed by atoms with Crippen molar-refractivity contribution in [2.45, 2.75) is 19.9 Å². The molecule has 0 saturated heterocycles. The third kappa shape index (κ3) is 4.41. The molecule has 146 valence electrons. The monoisotopic (exact) mass is 391 g/mol. The quantitative estimate of drug-likeness (QED) is 0.446. The van der Waals surface area contributed by atoms with Crippen molar-refractivity contribution in [3.05, 3.63) is 75.9 Å². The number of carbonyl (C=O) groups excluding carboxylic acids is 1. The van der Waals surface area contributed by atoms with Gasteiger partial charge in [-0.05, 0) is 24.6 Å². The minimum absolute atomic E-state index is 0.0856. The zero-order valence-corrected chi connectivity index (χ0v) is 15.6. The first-order valence-corrected chi connectivity index (χ1v) is 8.73. The zero-order valence-electron chi connectivity index (χ0n) is 15.6. The minimum atomic E-state index is -0.501. The van der Waals surface area contributed by atoms with Crippen molar-refractivity contribution in [3.8, 4) is 11.8 Å². The van der Waals surface area contributed by atoms with E-state index >= 15 is 0 Å². The fourth-order valence-corrected chi connectivity index (χ4v) is 2.81. The number of nitro groups is 1. The van der Waals surface area contributed by atoms with Crippen molar-refractivity contribution in [2.75, 3.05) is 6.54 Å². The van der Waals surface area contributed by atoms with E-state index in [0.29, 0.717) is 11.4 Å². The van der Waals surface area contributed by atoms with Gasteiger partial charge in [-0.1, -0.05) is 17.3 Å². The zero-order chi connectivity index (χ0) is 20.8. The Morgan fingerprint density at radius 2 is 2.17 bits per heavy atom. The first-order chi connectivity index (χ1) is 14.0. The molecule has 0 unspecified atom stereocenters. The van der Waals surface area contributed by atoms with Gasteiger partial charge in [-0.2, -0.15) is 5.26 Å². The second kappa shape index (κ2) is 8.71. The number of nitrogens with zero attached hydrogens (tertiary/aromatic N) is 7. The van der Waals surface area contributed by atoms with Crippen LogP contribution in [0.3, 0.4) is 0 Å². The number of nitro benzene ring substituents is 1. The van der Waals surface area contributed by atoms with Gasteiger partial charge in [0.05, 0.1) is 28.8 Å². The summed E-state index contributed by atoms with van der Waals surface area (Å²) in [5.74, 6) is -0.377. The van der Waals surface area contributed by atoms with E-state index in [0.717, 1.165) is 5.56 Å². The van der Waals surface area contributed by atoms with Crippen LogP contribution in [-0.4, -0.2) is 42.3 Å². The van der Waals surface area contributed by atoms with Crippen molar-refractivity contribution >= 4 is 11.6 Å². The summed E-state index contributed by atoms with van der Waals surface area (Å²) in [4.78, 5) is 29.1. The van der Waals surface area contributed by atoms with E-state index < -0.39 is 4.92 Å². The van der Waals surface area contributed by atoms with E-state index in [1.165, 1.54) is 27.8 Å². The Balaban J connectivity index is 1.90. The maximum atomic E-state index is 13.1. The van der Waals surface area contributed by atoms with Gasteiger partial charge in [-0.15, -0.1) is 5.10 Å². The Morgan fingerprint density at radius 3 is 2.86 bits per heavy atom. The van der Waals surface area contributed by atoms with Crippen LogP contribution < -0.4 is 0 Å². The van der Waals surface area contributed by atoms with E-state index in [9.17, 15) is 14.9 Å². The van der Waals surface area contributed by atoms with Gasteiger partial charge >= 0.3 is 0 Å². The Kier molecular flexibility index (Phi) is 5.89. The summed E-state index contributed by atoms with van der Waals surface area (Å²) in [6.07, 6.45) is 3.46. The smallest absolute Gasteiger partial charge is 0.276 e. The van der Waals surface area contributed by atoms with Gasteiger partial charge in [0, 0.05) is 37.6 Å². The molecule has 0 aliphatic rings. The first kappa shape index (κ1) is 19.6. The summed E-state index contributed by atoms with van der Waals surface area (Å²) in [5.41, 5.74) is 1.74. The van der Waals surface area contributed by atoms with Gasteiger partial charge in [-0.25, -0.2) is 4.68 Å². The molecule has 3 rings (SSSR count). The number of rotatable bonds is 7. The van der Waals surface area contributed by atoms with E-state index in [1.54, 1.807) is 31.5 Å². The van der Waals surface area contributed by atoms with Crippen molar-refractivity contribution in [2.24, 2.45) is 0 Å². The molecular weight excluding hydrogens is 374 g/mol. The Bertz CT molecular complexity index is 1070. The van der Waals surface area contributed by atoms with Crippen molar-refractivity contribution in [1.29, 1.82) is 5.26 Å². The van der Waals surface area contributed by atoms with Crippen LogP contribution in [0.25, 0.3) is 5.69 Å². The number of carbonyl (C=O) groups is 1. The molecule has 0 atom stereocenters. The lowest BCUT2D eigenvalue weighted by molar-refractivity contribution is -0.384. The fraction of sp³-hybridized carbons (Fsp3) is 0.211. The summed E-state index contributed by atoms with van der Waals surface area (Å²) in [6, 6.07) is 11.6. The standard InChI is InChI=1S/C19H17N7O3/c1-14-18(22-23-25(14)16-6-2-7-17(11-16)26(28)29)19(27)24(10-4-8-20)13-15-5-3-9-21-12-15/h2-3,5-7,9,11-12H,4,10,13H2,1H3. The molecule has 0 N–H and O–H groups in total. The molecule has 2 heterocycles. The summed E-state index contributed by atoms with van der Waals surface area (Å²) < 4.78 is 1.38. The van der Waals surface area contributed by atoms with Crippen LogP contribution in [0.2, 0.25) is 0 Å². The number of aromatic nitrogens is 4. The lowest BCUT2D eigenvalue weighted by atomic mass is 10.2. The highest BCUT2D eigenvalue weighted by Gasteiger charge is 2.23. The van der Waals surface area contributed by atoms with Gasteiger partial charge < -0.3 is 4.90 Å². The molecule has 0 spiro atoms. The maximum Gasteiger partial charge on any atom is 0.276 e. The van der Waals surface area contributed by atoms with E-state index in [1.807, 2.05) is 12.1 Å². The normalized spacial score (nSPS) is 10.3. The van der Waals surface area contributed by atoms with Gasteiger partial charge in [0.15, 0.2) is 5.69 Å². The minimum Gasteiger partial charge on any atom is -0.332 e. The molecule has 0 fully saturated rings. The average molecular weight is 391 g/mol. The lowest BCUT2D eigenvalue weighted by Gasteiger charge is -2.20. The Morgan fingerprint density at radius 1 is 1.34 bits per heavy atom. The Hall–Kier alpha value is -4.13. The summed E-state index contributed by atoms with van der Waals surface area (Å²) in [6.45, 7) is 2.17. The molecule has 0 bridgehead atoms. The van der Waals surface area contributed by atoms with Gasteiger partial charge in [0.2, 0.25) is 0 Å². The van der Waals surface area contributed by atoms with Crippen LogP contribution >= 0.6 is 0 Å². The second-order valence-corrected chi connectivity index (χ2v) is 6.21. The predicted octanol–water partition coefficient (Wildman–Crippen LogP) is 2.44. The molecule has 3 aromatic rings. The molecule has 1 aromatic carbocycles. The Labute approximate surface area is 166 Å². The highest BCUT2D eigenvalue weighted by molar-refractivity contribution is 5.93. The molecule has 0 saturated carbocycles. The highest BCUT2D eigenvalue weighted by atomic mass is 16.6. The van der Waals surface area contributed by atoms with Crippen molar-refractivity contribution < 1.29 is 9.72 Å². The molecule has 10 heteroatoms. The van der Waals surface area contributed by atoms with Crippen LogP contribution in [0, 0.1) is 28.4 Å². The summed E-state index contributed by atoms with van der Waals surface area (Å²) in [5, 5.41) is 27.9. The van der Waals surface area contributed by atoms with Gasteiger partial charge in [-0.3, -0.25) is 19.9 Å². The molecule has 2 aromatic heterocycles. The average Bonchev–Trinajstić information content (AvgIpc) is 3.12. The third-order valence-corrected chi connectivity index (χ3v) is 4.26.